The number of para-hydroxylation sites is 1. The highest BCUT2D eigenvalue weighted by Gasteiger charge is 1.86. The van der Waals surface area contributed by atoms with Gasteiger partial charge in [0.2, 0.25) is 0 Å². The van der Waals surface area contributed by atoms with Crippen LogP contribution in [0.3, 0.4) is 0 Å². The van der Waals surface area contributed by atoms with Crippen LogP contribution in [0.25, 0.3) is 10.9 Å². The van der Waals surface area contributed by atoms with Crippen molar-refractivity contribution in [2.24, 2.45) is 0 Å². The molecule has 1 aromatic carbocycles. The largest absolute Gasteiger partial charge is 0.351 e. The van der Waals surface area contributed by atoms with Gasteiger partial charge in [-0.15, -0.1) is 0 Å². The molecule has 4 rings (SSSR count). The van der Waals surface area contributed by atoms with E-state index in [-0.39, 0.29) is 0 Å². The topological polar surface area (TPSA) is 54.5 Å². The number of benzene rings is 1. The highest BCUT2D eigenvalue weighted by Crippen LogP contribution is 2.07. The van der Waals surface area contributed by atoms with Crippen LogP contribution in [0.2, 0.25) is 0 Å². The molecular weight excluding hydrogens is 260 g/mol. The Balaban J connectivity index is 0.000000126. The number of imidazole rings is 1. The molecule has 104 valence electrons. The number of aromatic nitrogens is 4. The standard InChI is InChI=1S/C9H7N.C5H5N.C3H4N2/c1-2-6-9-8(4-1)5-3-7-10-9;1-2-4-6-5-3-1;1-2-5-3-4-1/h1-7H;1-5H;1-3H,(H,4,5). The van der Waals surface area contributed by atoms with Gasteiger partial charge in [-0.25, -0.2) is 4.98 Å². The van der Waals surface area contributed by atoms with Gasteiger partial charge in [-0.1, -0.05) is 30.3 Å². The first-order valence-corrected chi connectivity index (χ1v) is 6.54. The number of hydrogen-bond acceptors (Lipinski definition) is 3. The molecule has 0 spiro atoms. The lowest BCUT2D eigenvalue weighted by molar-refractivity contribution is 1.31. The summed E-state index contributed by atoms with van der Waals surface area (Å²) in [5.41, 5.74) is 1.06. The minimum absolute atomic E-state index is 1.06. The number of nitrogens with one attached hydrogen (secondary N) is 1. The van der Waals surface area contributed by atoms with E-state index in [1.807, 2.05) is 48.7 Å². The molecule has 0 bridgehead atoms. The third-order valence-electron chi connectivity index (χ3n) is 2.48. The lowest BCUT2D eigenvalue weighted by atomic mass is 10.2. The summed E-state index contributed by atoms with van der Waals surface area (Å²) in [7, 11) is 0. The fourth-order valence-electron chi connectivity index (χ4n) is 1.54. The second-order valence-corrected chi connectivity index (χ2v) is 3.98. The van der Waals surface area contributed by atoms with Crippen molar-refractivity contribution in [2.75, 3.05) is 0 Å². The molecule has 4 aromatic rings. The Morgan fingerprint density at radius 2 is 1.48 bits per heavy atom. The van der Waals surface area contributed by atoms with Crippen molar-refractivity contribution >= 4 is 10.9 Å². The third kappa shape index (κ3) is 5.65. The molecule has 4 heteroatoms. The van der Waals surface area contributed by atoms with Crippen molar-refractivity contribution in [3.63, 3.8) is 0 Å². The summed E-state index contributed by atoms with van der Waals surface area (Å²) in [5, 5.41) is 1.20. The quantitative estimate of drug-likeness (QED) is 0.532. The highest BCUT2D eigenvalue weighted by molar-refractivity contribution is 5.77. The molecule has 1 N–H and O–H groups in total. The molecule has 0 amide bonds. The van der Waals surface area contributed by atoms with Crippen LogP contribution in [0.1, 0.15) is 0 Å². The second kappa shape index (κ2) is 8.98. The predicted octanol–water partition coefficient (Wildman–Crippen LogP) is 3.73. The van der Waals surface area contributed by atoms with Crippen molar-refractivity contribution in [1.82, 2.24) is 19.9 Å². The highest BCUT2D eigenvalue weighted by atomic mass is 14.8. The molecule has 3 heterocycles. The van der Waals surface area contributed by atoms with Crippen LogP contribution in [0.4, 0.5) is 0 Å². The van der Waals surface area contributed by atoms with Gasteiger partial charge in [0, 0.05) is 36.4 Å². The second-order valence-electron chi connectivity index (χ2n) is 3.98. The fraction of sp³-hybridized carbons (Fsp3) is 0. The van der Waals surface area contributed by atoms with Crippen LogP contribution in [0, 0.1) is 0 Å². The first-order valence-electron chi connectivity index (χ1n) is 6.54. The molecule has 0 saturated heterocycles. The van der Waals surface area contributed by atoms with Crippen LogP contribution < -0.4 is 0 Å². The first kappa shape index (κ1) is 14.4. The molecule has 0 unspecified atom stereocenters. The zero-order valence-corrected chi connectivity index (χ0v) is 11.5. The zero-order chi connectivity index (χ0) is 14.6. The monoisotopic (exact) mass is 276 g/mol. The normalized spacial score (nSPS) is 8.95. The summed E-state index contributed by atoms with van der Waals surface area (Å²) >= 11 is 0. The van der Waals surface area contributed by atoms with E-state index < -0.39 is 0 Å². The van der Waals surface area contributed by atoms with Crippen molar-refractivity contribution in [3.05, 3.63) is 91.9 Å². The number of aromatic amines is 1. The van der Waals surface area contributed by atoms with Crippen LogP contribution >= 0.6 is 0 Å². The number of rotatable bonds is 0. The number of hydrogen-bond donors (Lipinski definition) is 1. The molecule has 0 radical (unpaired) electrons. The maximum atomic E-state index is 4.18. The summed E-state index contributed by atoms with van der Waals surface area (Å²) in [6.07, 6.45) is 10.4. The van der Waals surface area contributed by atoms with E-state index in [4.69, 9.17) is 0 Å². The number of nitrogens with zero attached hydrogens (tertiary/aromatic N) is 3. The van der Waals surface area contributed by atoms with Gasteiger partial charge < -0.3 is 4.98 Å². The predicted molar refractivity (Wildman–Crippen MR) is 84.6 cm³/mol. The van der Waals surface area contributed by atoms with E-state index in [2.05, 4.69) is 32.1 Å². The maximum absolute atomic E-state index is 4.18. The minimum Gasteiger partial charge on any atom is -0.351 e. The fourth-order valence-corrected chi connectivity index (χ4v) is 1.54. The number of pyridine rings is 2. The van der Waals surface area contributed by atoms with Crippen molar-refractivity contribution in [3.8, 4) is 0 Å². The van der Waals surface area contributed by atoms with Crippen molar-refractivity contribution in [1.29, 1.82) is 0 Å². The van der Waals surface area contributed by atoms with Crippen LogP contribution in [0.15, 0.2) is 91.9 Å². The molecule has 0 aliphatic rings. The molecule has 4 nitrogen and oxygen atoms in total. The molecule has 0 atom stereocenters. The SMILES string of the molecule is c1c[nH]cn1.c1ccc2ncccc2c1.c1ccncc1. The molecule has 0 fully saturated rings. The Kier molecular flexibility index (Phi) is 6.16. The smallest absolute Gasteiger partial charge is 0.0919 e. The van der Waals surface area contributed by atoms with Gasteiger partial charge in [0.05, 0.1) is 11.8 Å². The molecule has 21 heavy (non-hydrogen) atoms. The van der Waals surface area contributed by atoms with Crippen LogP contribution in [-0.2, 0) is 0 Å². The van der Waals surface area contributed by atoms with Crippen molar-refractivity contribution in [2.45, 2.75) is 0 Å². The van der Waals surface area contributed by atoms with Gasteiger partial charge in [0.25, 0.3) is 0 Å². The maximum Gasteiger partial charge on any atom is 0.0919 e. The van der Waals surface area contributed by atoms with E-state index in [1.54, 1.807) is 31.1 Å². The third-order valence-corrected chi connectivity index (χ3v) is 2.48. The Labute approximate surface area is 123 Å². The van der Waals surface area contributed by atoms with E-state index in [0.717, 1.165) is 5.52 Å². The van der Waals surface area contributed by atoms with Gasteiger partial charge >= 0.3 is 0 Å². The van der Waals surface area contributed by atoms with Gasteiger partial charge in [0.1, 0.15) is 0 Å². The molecular formula is C17H16N4. The van der Waals surface area contributed by atoms with Gasteiger partial charge in [0.15, 0.2) is 0 Å². The summed E-state index contributed by atoms with van der Waals surface area (Å²) in [6.45, 7) is 0. The van der Waals surface area contributed by atoms with Gasteiger partial charge in [-0.05, 0) is 24.3 Å². The Bertz CT molecular complexity index is 600. The van der Waals surface area contributed by atoms with Crippen LogP contribution in [0.5, 0.6) is 0 Å². The zero-order valence-electron chi connectivity index (χ0n) is 11.5. The van der Waals surface area contributed by atoms with Crippen molar-refractivity contribution < 1.29 is 0 Å². The summed E-state index contributed by atoms with van der Waals surface area (Å²) in [5.74, 6) is 0. The summed E-state index contributed by atoms with van der Waals surface area (Å²) < 4.78 is 0. The molecule has 0 saturated carbocycles. The molecule has 0 aliphatic heterocycles. The van der Waals surface area contributed by atoms with E-state index in [1.165, 1.54) is 5.39 Å². The average molecular weight is 276 g/mol. The van der Waals surface area contributed by atoms with Gasteiger partial charge in [-0.3, -0.25) is 9.97 Å². The lowest BCUT2D eigenvalue weighted by Gasteiger charge is -1.91. The molecule has 0 aliphatic carbocycles. The Morgan fingerprint density at radius 1 is 0.667 bits per heavy atom. The van der Waals surface area contributed by atoms with E-state index >= 15 is 0 Å². The molecule has 3 aromatic heterocycles. The van der Waals surface area contributed by atoms with E-state index in [0.29, 0.717) is 0 Å². The number of fused-ring (bicyclic) bond motifs is 1. The lowest BCUT2D eigenvalue weighted by Crippen LogP contribution is -1.73. The minimum atomic E-state index is 1.06. The number of H-pyrrole nitrogens is 1. The van der Waals surface area contributed by atoms with Crippen LogP contribution in [-0.4, -0.2) is 19.9 Å². The van der Waals surface area contributed by atoms with E-state index in [9.17, 15) is 0 Å². The summed E-state index contributed by atoms with van der Waals surface area (Å²) in [4.78, 5) is 14.4. The Morgan fingerprint density at radius 3 is 2.00 bits per heavy atom. The average Bonchev–Trinajstić information content (AvgIpc) is 3.17. The summed E-state index contributed by atoms with van der Waals surface area (Å²) in [6, 6.07) is 17.8. The van der Waals surface area contributed by atoms with Gasteiger partial charge in [-0.2, -0.15) is 0 Å². The first-order chi connectivity index (χ1) is 10.5. The Hall–Kier alpha value is -3.01.